The van der Waals surface area contributed by atoms with Crippen molar-refractivity contribution >= 4 is 11.7 Å². The van der Waals surface area contributed by atoms with E-state index < -0.39 is 5.41 Å². The van der Waals surface area contributed by atoms with E-state index in [1.165, 1.54) is 0 Å². The molecule has 0 radical (unpaired) electrons. The van der Waals surface area contributed by atoms with E-state index in [4.69, 9.17) is 23.7 Å². The summed E-state index contributed by atoms with van der Waals surface area (Å²) in [7, 11) is 3.22. The molecule has 0 saturated heterocycles. The van der Waals surface area contributed by atoms with Crippen LogP contribution in [-0.4, -0.2) is 40.1 Å². The summed E-state index contributed by atoms with van der Waals surface area (Å²) in [5, 5.41) is 0. The molecule has 0 spiro atoms. The number of hydrogen-bond donors (Lipinski definition) is 0. The van der Waals surface area contributed by atoms with Crippen molar-refractivity contribution in [3.05, 3.63) is 52.7 Å². The van der Waals surface area contributed by atoms with Crippen molar-refractivity contribution in [2.24, 2.45) is 0 Å². The Morgan fingerprint density at radius 2 is 1.67 bits per heavy atom. The molecule has 7 heteroatoms. The highest BCUT2D eigenvalue weighted by Crippen LogP contribution is 2.55. The number of fused-ring (bicyclic) bond motifs is 2. The Bertz CT molecular complexity index is 1070. The van der Waals surface area contributed by atoms with Gasteiger partial charge in [-0.25, -0.2) is 4.79 Å². The van der Waals surface area contributed by atoms with Crippen LogP contribution in [0.4, 0.5) is 5.69 Å². The molecule has 5 rings (SSSR count). The fourth-order valence-electron chi connectivity index (χ4n) is 4.69. The standard InChI is InChI=1S/C23H23NO6/c1-5-24-17-10-20-19(29-12-30-20)9-16(17)23(2,21-18(24)11-28-22(21)25)13-6-14(26-3)8-15(7-13)27-4/h6-10H,5,11-12H2,1-4H3. The predicted octanol–water partition coefficient (Wildman–Crippen LogP) is 3.39. The molecule has 0 N–H and O–H groups in total. The van der Waals surface area contributed by atoms with Gasteiger partial charge < -0.3 is 28.6 Å². The van der Waals surface area contributed by atoms with E-state index in [1.54, 1.807) is 14.2 Å². The van der Waals surface area contributed by atoms with Crippen LogP contribution >= 0.6 is 0 Å². The van der Waals surface area contributed by atoms with Crippen molar-refractivity contribution in [3.8, 4) is 23.0 Å². The summed E-state index contributed by atoms with van der Waals surface area (Å²) in [6.07, 6.45) is 0. The number of carbonyl (C=O) groups excluding carboxylic acids is 1. The van der Waals surface area contributed by atoms with E-state index in [9.17, 15) is 4.79 Å². The topological polar surface area (TPSA) is 66.5 Å². The van der Waals surface area contributed by atoms with Gasteiger partial charge in [-0.3, -0.25) is 0 Å². The lowest BCUT2D eigenvalue weighted by Crippen LogP contribution is -2.39. The average molecular weight is 409 g/mol. The van der Waals surface area contributed by atoms with E-state index >= 15 is 0 Å². The molecule has 3 heterocycles. The molecule has 0 saturated carbocycles. The van der Waals surface area contributed by atoms with E-state index in [0.717, 1.165) is 22.5 Å². The van der Waals surface area contributed by atoms with Crippen LogP contribution in [0.2, 0.25) is 0 Å². The third kappa shape index (κ3) is 2.41. The number of anilines is 1. The maximum absolute atomic E-state index is 13.0. The van der Waals surface area contributed by atoms with Crippen molar-refractivity contribution in [2.45, 2.75) is 19.3 Å². The van der Waals surface area contributed by atoms with E-state index in [1.807, 2.05) is 37.3 Å². The third-order valence-corrected chi connectivity index (χ3v) is 6.22. The van der Waals surface area contributed by atoms with E-state index in [2.05, 4.69) is 11.8 Å². The predicted molar refractivity (Wildman–Crippen MR) is 110 cm³/mol. The lowest BCUT2D eigenvalue weighted by atomic mass is 9.67. The molecule has 0 fully saturated rings. The Morgan fingerprint density at radius 1 is 1.00 bits per heavy atom. The smallest absolute Gasteiger partial charge is 0.337 e. The normalized spacial score (nSPS) is 21.3. The number of benzene rings is 2. The van der Waals surface area contributed by atoms with Gasteiger partial charge in [-0.2, -0.15) is 0 Å². The molecule has 1 atom stereocenters. The van der Waals surface area contributed by atoms with E-state index in [-0.39, 0.29) is 19.4 Å². The fraction of sp³-hybridized carbons (Fsp3) is 0.348. The first-order valence-corrected chi connectivity index (χ1v) is 9.87. The summed E-state index contributed by atoms with van der Waals surface area (Å²) >= 11 is 0. The number of cyclic esters (lactones) is 1. The second kappa shape index (κ2) is 6.58. The molecule has 0 bridgehead atoms. The van der Waals surface area contributed by atoms with Gasteiger partial charge in [0.05, 0.1) is 30.9 Å². The Labute approximate surface area is 174 Å². The summed E-state index contributed by atoms with van der Waals surface area (Å²) in [5.74, 6) is 2.36. The molecule has 2 aromatic rings. The minimum atomic E-state index is -0.785. The van der Waals surface area contributed by atoms with Gasteiger partial charge in [-0.05, 0) is 43.2 Å². The molecule has 0 amide bonds. The lowest BCUT2D eigenvalue weighted by molar-refractivity contribution is -0.136. The number of likely N-dealkylation sites (N-methyl/N-ethyl adjacent to an activating group) is 1. The summed E-state index contributed by atoms with van der Waals surface area (Å²) in [5.41, 5.74) is 3.52. The zero-order valence-electron chi connectivity index (χ0n) is 17.4. The molecule has 3 aliphatic heterocycles. The quantitative estimate of drug-likeness (QED) is 0.717. The molecule has 3 aliphatic rings. The first-order chi connectivity index (χ1) is 14.5. The van der Waals surface area contributed by atoms with Crippen LogP contribution in [0.1, 0.15) is 25.0 Å². The van der Waals surface area contributed by atoms with Gasteiger partial charge in [-0.1, -0.05) is 0 Å². The minimum absolute atomic E-state index is 0.184. The summed E-state index contributed by atoms with van der Waals surface area (Å²) in [4.78, 5) is 15.1. The maximum Gasteiger partial charge on any atom is 0.337 e. The Morgan fingerprint density at radius 3 is 2.30 bits per heavy atom. The van der Waals surface area contributed by atoms with Gasteiger partial charge in [0.2, 0.25) is 6.79 Å². The van der Waals surface area contributed by atoms with Gasteiger partial charge in [0.25, 0.3) is 0 Å². The van der Waals surface area contributed by atoms with Gasteiger partial charge >= 0.3 is 5.97 Å². The number of carbonyl (C=O) groups is 1. The van der Waals surface area contributed by atoms with Crippen LogP contribution in [-0.2, 0) is 14.9 Å². The number of nitrogens with zero attached hydrogens (tertiary/aromatic N) is 1. The Kier molecular flexibility index (Phi) is 4.10. The van der Waals surface area contributed by atoms with Crippen molar-refractivity contribution in [1.82, 2.24) is 0 Å². The SMILES string of the molecule is CCN1C2=C(C(=O)OC2)C(C)(c2cc(OC)cc(OC)c2)c2cc3c(cc21)OCO3. The van der Waals surface area contributed by atoms with Gasteiger partial charge in [0.1, 0.15) is 18.1 Å². The molecule has 1 unspecified atom stereocenters. The van der Waals surface area contributed by atoms with Gasteiger partial charge in [-0.15, -0.1) is 0 Å². The highest BCUT2D eigenvalue weighted by molar-refractivity contribution is 5.99. The summed E-state index contributed by atoms with van der Waals surface area (Å²) in [6, 6.07) is 9.66. The molecule has 0 aromatic heterocycles. The maximum atomic E-state index is 13.0. The molecule has 30 heavy (non-hydrogen) atoms. The van der Waals surface area contributed by atoms with Gasteiger partial charge in [0.15, 0.2) is 11.5 Å². The minimum Gasteiger partial charge on any atom is -0.497 e. The lowest BCUT2D eigenvalue weighted by Gasteiger charge is -2.41. The second-order valence-electron chi connectivity index (χ2n) is 7.59. The number of rotatable bonds is 4. The summed E-state index contributed by atoms with van der Waals surface area (Å²) in [6.45, 7) is 5.21. The van der Waals surface area contributed by atoms with Crippen LogP contribution in [0.25, 0.3) is 0 Å². The Hall–Kier alpha value is -3.35. The molecular formula is C23H23NO6. The van der Waals surface area contributed by atoms with Crippen LogP contribution in [0.15, 0.2) is 41.6 Å². The Balaban J connectivity index is 1.84. The number of esters is 1. The molecule has 156 valence electrons. The zero-order chi connectivity index (χ0) is 21.0. The first-order valence-electron chi connectivity index (χ1n) is 9.87. The zero-order valence-corrected chi connectivity index (χ0v) is 17.4. The summed E-state index contributed by atoms with van der Waals surface area (Å²) < 4.78 is 27.8. The van der Waals surface area contributed by atoms with Gasteiger partial charge in [0, 0.05) is 24.4 Å². The first kappa shape index (κ1) is 18.7. The number of ether oxygens (including phenoxy) is 5. The monoisotopic (exact) mass is 409 g/mol. The van der Waals surface area contributed by atoms with Crippen molar-refractivity contribution in [2.75, 3.05) is 39.1 Å². The van der Waals surface area contributed by atoms with Crippen LogP contribution < -0.4 is 23.8 Å². The number of methoxy groups -OCH3 is 2. The van der Waals surface area contributed by atoms with Crippen molar-refractivity contribution in [3.63, 3.8) is 0 Å². The molecular weight excluding hydrogens is 386 g/mol. The largest absolute Gasteiger partial charge is 0.497 e. The van der Waals surface area contributed by atoms with Crippen LogP contribution in [0, 0.1) is 0 Å². The van der Waals surface area contributed by atoms with Crippen LogP contribution in [0.3, 0.4) is 0 Å². The average Bonchev–Trinajstić information content (AvgIpc) is 3.39. The number of hydrogen-bond acceptors (Lipinski definition) is 7. The molecule has 2 aromatic carbocycles. The molecule has 0 aliphatic carbocycles. The molecule has 7 nitrogen and oxygen atoms in total. The third-order valence-electron chi connectivity index (χ3n) is 6.22. The highest BCUT2D eigenvalue weighted by atomic mass is 16.7. The van der Waals surface area contributed by atoms with E-state index in [0.29, 0.717) is 35.1 Å². The fourth-order valence-corrected chi connectivity index (χ4v) is 4.69. The van der Waals surface area contributed by atoms with Crippen molar-refractivity contribution in [1.29, 1.82) is 0 Å². The van der Waals surface area contributed by atoms with Crippen LogP contribution in [0.5, 0.6) is 23.0 Å². The van der Waals surface area contributed by atoms with Crippen molar-refractivity contribution < 1.29 is 28.5 Å². The second-order valence-corrected chi connectivity index (χ2v) is 7.59. The highest BCUT2D eigenvalue weighted by Gasteiger charge is 2.50.